The Morgan fingerprint density at radius 3 is 2.44 bits per heavy atom. The van der Waals surface area contributed by atoms with E-state index in [-0.39, 0.29) is 27.0 Å². The highest BCUT2D eigenvalue weighted by Gasteiger charge is 2.24. The molecule has 134 valence electrons. The van der Waals surface area contributed by atoms with E-state index in [1.807, 2.05) is 0 Å². The molecule has 0 aromatic heterocycles. The van der Waals surface area contributed by atoms with Gasteiger partial charge in [0.15, 0.2) is 5.75 Å². The molecule has 0 bridgehead atoms. The monoisotopic (exact) mass is 405 g/mol. The van der Waals surface area contributed by atoms with Crippen molar-refractivity contribution in [2.45, 2.75) is 4.90 Å². The lowest BCUT2D eigenvalue weighted by molar-refractivity contribution is 0.0600. The highest BCUT2D eigenvalue weighted by Crippen LogP contribution is 2.36. The second-order valence-electron chi connectivity index (χ2n) is 4.75. The minimum absolute atomic E-state index is 0.0263. The van der Waals surface area contributed by atoms with Gasteiger partial charge < -0.3 is 14.6 Å². The Bertz CT molecular complexity index is 930. The summed E-state index contributed by atoms with van der Waals surface area (Å²) in [6.45, 7) is 0. The number of sulfonamides is 1. The zero-order valence-corrected chi connectivity index (χ0v) is 15.4. The number of ether oxygens (including phenoxy) is 2. The van der Waals surface area contributed by atoms with Crippen LogP contribution in [-0.4, -0.2) is 33.7 Å². The number of rotatable bonds is 5. The average molecular weight is 406 g/mol. The minimum Gasteiger partial charge on any atom is -0.505 e. The fraction of sp³-hybridized carbons (Fsp3) is 0.133. The van der Waals surface area contributed by atoms with E-state index in [1.54, 1.807) is 0 Å². The van der Waals surface area contributed by atoms with Gasteiger partial charge in [0.25, 0.3) is 10.0 Å². The summed E-state index contributed by atoms with van der Waals surface area (Å²) >= 11 is 11.6. The van der Waals surface area contributed by atoms with E-state index >= 15 is 0 Å². The molecule has 0 spiro atoms. The van der Waals surface area contributed by atoms with Crippen LogP contribution in [0.2, 0.25) is 10.0 Å². The van der Waals surface area contributed by atoms with Crippen molar-refractivity contribution in [3.05, 3.63) is 45.9 Å². The van der Waals surface area contributed by atoms with Gasteiger partial charge in [0, 0.05) is 5.02 Å². The van der Waals surface area contributed by atoms with Crippen molar-refractivity contribution in [2.75, 3.05) is 18.9 Å². The van der Waals surface area contributed by atoms with Gasteiger partial charge in [-0.3, -0.25) is 4.72 Å². The van der Waals surface area contributed by atoms with Gasteiger partial charge in [0.05, 0.1) is 30.5 Å². The molecule has 2 aromatic rings. The summed E-state index contributed by atoms with van der Waals surface area (Å²) in [6, 6.07) is 6.30. The zero-order chi connectivity index (χ0) is 18.8. The van der Waals surface area contributed by atoms with Crippen molar-refractivity contribution in [3.8, 4) is 11.5 Å². The third kappa shape index (κ3) is 4.09. The van der Waals surface area contributed by atoms with Crippen LogP contribution in [0.1, 0.15) is 10.4 Å². The van der Waals surface area contributed by atoms with Gasteiger partial charge in [-0.25, -0.2) is 13.2 Å². The van der Waals surface area contributed by atoms with Gasteiger partial charge in [0.2, 0.25) is 0 Å². The van der Waals surface area contributed by atoms with Crippen LogP contribution in [0.15, 0.2) is 35.2 Å². The van der Waals surface area contributed by atoms with E-state index in [9.17, 15) is 18.3 Å². The number of phenolic OH excluding ortho intramolecular Hbond substituents is 1. The first-order valence-corrected chi connectivity index (χ1v) is 8.90. The molecule has 0 radical (unpaired) electrons. The Balaban J connectivity index is 2.52. The minimum atomic E-state index is -4.27. The highest BCUT2D eigenvalue weighted by atomic mass is 35.5. The molecule has 0 aliphatic heterocycles. The van der Waals surface area contributed by atoms with Gasteiger partial charge >= 0.3 is 5.97 Å². The lowest BCUT2D eigenvalue weighted by atomic mass is 10.2. The van der Waals surface area contributed by atoms with Crippen LogP contribution in [0, 0.1) is 0 Å². The van der Waals surface area contributed by atoms with Gasteiger partial charge in [-0.05, 0) is 30.3 Å². The van der Waals surface area contributed by atoms with Crippen molar-refractivity contribution in [3.63, 3.8) is 0 Å². The van der Waals surface area contributed by atoms with Crippen molar-refractivity contribution >= 4 is 44.9 Å². The summed E-state index contributed by atoms with van der Waals surface area (Å²) in [6.07, 6.45) is 0. The van der Waals surface area contributed by atoms with Crippen molar-refractivity contribution in [2.24, 2.45) is 0 Å². The number of carbonyl (C=O) groups is 1. The van der Waals surface area contributed by atoms with E-state index in [0.29, 0.717) is 0 Å². The Morgan fingerprint density at radius 2 is 1.84 bits per heavy atom. The van der Waals surface area contributed by atoms with E-state index < -0.39 is 26.6 Å². The Labute approximate surface area is 154 Å². The number of methoxy groups -OCH3 is 2. The Kier molecular flexibility index (Phi) is 5.66. The van der Waals surface area contributed by atoms with Crippen LogP contribution in [0.3, 0.4) is 0 Å². The predicted molar refractivity (Wildman–Crippen MR) is 93.3 cm³/mol. The molecule has 2 aromatic carbocycles. The summed E-state index contributed by atoms with van der Waals surface area (Å²) in [5, 5.41) is 9.73. The maximum absolute atomic E-state index is 12.6. The zero-order valence-electron chi connectivity index (χ0n) is 13.0. The number of hydrogen-bond donors (Lipinski definition) is 2. The van der Waals surface area contributed by atoms with Crippen LogP contribution in [0.25, 0.3) is 0 Å². The number of hydrogen-bond acceptors (Lipinski definition) is 6. The number of benzene rings is 2. The normalized spacial score (nSPS) is 11.0. The van der Waals surface area contributed by atoms with Crippen LogP contribution >= 0.6 is 23.2 Å². The highest BCUT2D eigenvalue weighted by molar-refractivity contribution is 7.92. The van der Waals surface area contributed by atoms with Gasteiger partial charge in [0.1, 0.15) is 10.6 Å². The molecule has 0 saturated carbocycles. The summed E-state index contributed by atoms with van der Waals surface area (Å²) in [5.74, 6) is -1.15. The molecule has 0 unspecified atom stereocenters. The summed E-state index contributed by atoms with van der Waals surface area (Å²) in [5.41, 5.74) is 0.0789. The quantitative estimate of drug-likeness (QED) is 0.739. The van der Waals surface area contributed by atoms with E-state index in [2.05, 4.69) is 9.46 Å². The van der Waals surface area contributed by atoms with Crippen molar-refractivity contribution in [1.29, 1.82) is 0 Å². The van der Waals surface area contributed by atoms with Crippen LogP contribution in [0.4, 0.5) is 5.69 Å². The molecule has 10 heteroatoms. The second kappa shape index (κ2) is 7.38. The van der Waals surface area contributed by atoms with Crippen LogP contribution < -0.4 is 9.46 Å². The molecular formula is C15H13Cl2NO6S. The Morgan fingerprint density at radius 1 is 1.16 bits per heavy atom. The SMILES string of the molecule is COC(=O)c1ccc(OC)c(NS(=O)(=O)c2cc(Cl)cc(Cl)c2O)c1. The van der Waals surface area contributed by atoms with Gasteiger partial charge in [-0.1, -0.05) is 23.2 Å². The number of aromatic hydroxyl groups is 1. The van der Waals surface area contributed by atoms with E-state index in [0.717, 1.165) is 6.07 Å². The third-order valence-electron chi connectivity index (χ3n) is 3.15. The van der Waals surface area contributed by atoms with Crippen molar-refractivity contribution in [1.82, 2.24) is 0 Å². The third-order valence-corrected chi connectivity index (χ3v) is 5.03. The number of nitrogens with one attached hydrogen (secondary N) is 1. The second-order valence-corrected chi connectivity index (χ2v) is 7.24. The average Bonchev–Trinajstić information content (AvgIpc) is 2.56. The largest absolute Gasteiger partial charge is 0.505 e. The molecule has 0 aliphatic rings. The first-order valence-electron chi connectivity index (χ1n) is 6.66. The molecule has 7 nitrogen and oxygen atoms in total. The van der Waals surface area contributed by atoms with E-state index in [1.165, 1.54) is 38.5 Å². The topological polar surface area (TPSA) is 102 Å². The van der Waals surface area contributed by atoms with Crippen LogP contribution in [0.5, 0.6) is 11.5 Å². The van der Waals surface area contributed by atoms with Crippen LogP contribution in [-0.2, 0) is 14.8 Å². The fourth-order valence-electron chi connectivity index (χ4n) is 1.98. The Hall–Kier alpha value is -2.16. The molecule has 0 amide bonds. The molecule has 0 aliphatic carbocycles. The van der Waals surface area contributed by atoms with Crippen molar-refractivity contribution < 1.29 is 27.8 Å². The lowest BCUT2D eigenvalue weighted by Gasteiger charge is -2.14. The number of anilines is 1. The molecule has 0 fully saturated rings. The first kappa shape index (κ1) is 19.2. The molecule has 25 heavy (non-hydrogen) atoms. The maximum Gasteiger partial charge on any atom is 0.337 e. The summed E-state index contributed by atoms with van der Waals surface area (Å²) < 4.78 is 37.1. The molecule has 0 atom stereocenters. The molecule has 0 heterocycles. The molecular weight excluding hydrogens is 393 g/mol. The lowest BCUT2D eigenvalue weighted by Crippen LogP contribution is -2.15. The number of phenols is 1. The smallest absolute Gasteiger partial charge is 0.337 e. The van der Waals surface area contributed by atoms with Gasteiger partial charge in [-0.15, -0.1) is 0 Å². The maximum atomic E-state index is 12.6. The summed E-state index contributed by atoms with van der Waals surface area (Å²) in [4.78, 5) is 11.1. The number of halogens is 2. The predicted octanol–water partition coefficient (Wildman–Crippen LogP) is 3.30. The first-order chi connectivity index (χ1) is 11.7. The van der Waals surface area contributed by atoms with Gasteiger partial charge in [-0.2, -0.15) is 0 Å². The summed E-state index contributed by atoms with van der Waals surface area (Å²) in [7, 11) is -1.74. The number of esters is 1. The molecule has 0 saturated heterocycles. The molecule has 2 N–H and O–H groups in total. The molecule has 2 rings (SSSR count). The van der Waals surface area contributed by atoms with E-state index in [4.69, 9.17) is 27.9 Å². The standard InChI is InChI=1S/C15H13Cl2NO6S/c1-23-12-4-3-8(15(20)24-2)5-11(12)18-25(21,22)13-7-9(16)6-10(17)14(13)19/h3-7,18-19H,1-2H3. The fourth-order valence-corrected chi connectivity index (χ4v) is 3.80. The number of carbonyl (C=O) groups excluding carboxylic acids is 1.